The average molecular weight is 359 g/mol. The maximum atomic E-state index is 5.29. The van der Waals surface area contributed by atoms with E-state index < -0.39 is 0 Å². The second kappa shape index (κ2) is 6.10. The minimum absolute atomic E-state index is 0.383. The minimum atomic E-state index is 0.383. The molecule has 2 unspecified atom stereocenters. The number of rotatable bonds is 3. The van der Waals surface area contributed by atoms with Crippen LogP contribution in [0.4, 0.5) is 0 Å². The zero-order chi connectivity index (χ0) is 15.7. The van der Waals surface area contributed by atoms with Crippen molar-refractivity contribution in [2.75, 3.05) is 7.11 Å². The normalized spacial score (nSPS) is 20.7. The van der Waals surface area contributed by atoms with E-state index in [-0.39, 0.29) is 0 Å². The van der Waals surface area contributed by atoms with Crippen molar-refractivity contribution >= 4 is 15.0 Å². The van der Waals surface area contributed by atoms with Crippen molar-refractivity contribution < 1.29 is 4.74 Å². The Labute approximate surface area is 140 Å². The molecule has 3 rings (SSSR count). The molecule has 2 heteroatoms. The molecule has 0 saturated heterocycles. The third kappa shape index (κ3) is 3.24. The van der Waals surface area contributed by atoms with Crippen molar-refractivity contribution in [3.8, 4) is 5.75 Å². The molecule has 0 fully saturated rings. The second-order valence-corrected chi connectivity index (χ2v) is 9.93. The molecule has 0 aliphatic carbocycles. The van der Waals surface area contributed by atoms with Gasteiger partial charge in [0.25, 0.3) is 0 Å². The summed E-state index contributed by atoms with van der Waals surface area (Å²) in [5, 5.41) is 0. The molecule has 2 atom stereocenters. The van der Waals surface area contributed by atoms with E-state index in [1.807, 2.05) is 0 Å². The van der Waals surface area contributed by atoms with Crippen LogP contribution in [-0.4, -0.2) is 22.1 Å². The third-order valence-electron chi connectivity index (χ3n) is 4.14. The maximum absolute atomic E-state index is 5.29. The Morgan fingerprint density at radius 3 is 2.18 bits per heavy atom. The Kier molecular flexibility index (Phi) is 4.34. The third-order valence-corrected chi connectivity index (χ3v) is 7.39. The molecule has 0 N–H and O–H groups in total. The summed E-state index contributed by atoms with van der Waals surface area (Å²) in [6.07, 6.45) is 1.27. The van der Waals surface area contributed by atoms with Gasteiger partial charge in [-0.05, 0) is 0 Å². The van der Waals surface area contributed by atoms with Gasteiger partial charge in [0.2, 0.25) is 0 Å². The predicted molar refractivity (Wildman–Crippen MR) is 93.8 cm³/mol. The quantitative estimate of drug-likeness (QED) is 0.703. The van der Waals surface area contributed by atoms with E-state index in [2.05, 4.69) is 69.3 Å². The Morgan fingerprint density at radius 1 is 0.955 bits per heavy atom. The van der Waals surface area contributed by atoms with Crippen molar-refractivity contribution in [3.63, 3.8) is 0 Å². The molecule has 2 aromatic rings. The molecule has 1 aliphatic rings. The predicted octanol–water partition coefficient (Wildman–Crippen LogP) is 4.98. The summed E-state index contributed by atoms with van der Waals surface area (Å²) in [6.45, 7) is 7.06. The number of fused-ring (bicyclic) bond motifs is 1. The number of hydrogen-bond acceptors (Lipinski definition) is 1. The van der Waals surface area contributed by atoms with Crippen LogP contribution < -0.4 is 4.74 Å². The summed E-state index contributed by atoms with van der Waals surface area (Å²) in [4.78, 5) is 1.32. The summed E-state index contributed by atoms with van der Waals surface area (Å²) in [5.74, 6) is 0.939. The number of methoxy groups -OCH3 is 1. The standard InChI is InChI=1S/C20H24OSe/c1-20(2,3)13-18-16-7-5-6-8-17(16)19(22-18)14-9-11-15(21-4)12-10-14/h5-12,18-19H,13H2,1-4H3. The molecule has 1 heterocycles. The zero-order valence-corrected chi connectivity index (χ0v) is 15.5. The van der Waals surface area contributed by atoms with Gasteiger partial charge in [-0.3, -0.25) is 0 Å². The Balaban J connectivity index is 1.93. The van der Waals surface area contributed by atoms with Gasteiger partial charge in [-0.1, -0.05) is 0 Å². The molecule has 0 saturated carbocycles. The van der Waals surface area contributed by atoms with Gasteiger partial charge >= 0.3 is 140 Å². The molecular weight excluding hydrogens is 335 g/mol. The van der Waals surface area contributed by atoms with Crippen LogP contribution in [0, 0.1) is 5.41 Å². The molecule has 1 aliphatic heterocycles. The van der Waals surface area contributed by atoms with Crippen LogP contribution in [0.25, 0.3) is 0 Å². The Morgan fingerprint density at radius 2 is 1.59 bits per heavy atom. The molecule has 1 nitrogen and oxygen atoms in total. The van der Waals surface area contributed by atoms with Gasteiger partial charge < -0.3 is 0 Å². The molecule has 0 spiro atoms. The van der Waals surface area contributed by atoms with Crippen molar-refractivity contribution in [1.29, 1.82) is 0 Å². The van der Waals surface area contributed by atoms with E-state index >= 15 is 0 Å². The van der Waals surface area contributed by atoms with Gasteiger partial charge in [-0.15, -0.1) is 0 Å². The molecule has 0 amide bonds. The molecule has 0 radical (unpaired) electrons. The fraction of sp³-hybridized carbons (Fsp3) is 0.400. The summed E-state index contributed by atoms with van der Waals surface area (Å²) < 4.78 is 5.29. The van der Waals surface area contributed by atoms with Crippen molar-refractivity contribution in [1.82, 2.24) is 0 Å². The number of benzene rings is 2. The molecule has 22 heavy (non-hydrogen) atoms. The summed E-state index contributed by atoms with van der Waals surface area (Å²) in [5.41, 5.74) is 4.94. The molecule has 116 valence electrons. The van der Waals surface area contributed by atoms with E-state index in [1.165, 1.54) is 12.0 Å². The fourth-order valence-corrected chi connectivity index (χ4v) is 7.22. The Hall–Kier alpha value is -1.24. The topological polar surface area (TPSA) is 9.23 Å². The number of hydrogen-bond donors (Lipinski definition) is 0. The van der Waals surface area contributed by atoms with Crippen LogP contribution in [0.3, 0.4) is 0 Å². The first-order valence-electron chi connectivity index (χ1n) is 7.86. The summed E-state index contributed by atoms with van der Waals surface area (Å²) in [7, 11) is 1.73. The second-order valence-electron chi connectivity index (χ2n) is 7.17. The van der Waals surface area contributed by atoms with E-state index in [9.17, 15) is 0 Å². The van der Waals surface area contributed by atoms with Crippen LogP contribution in [0.1, 0.15) is 53.5 Å². The van der Waals surface area contributed by atoms with Crippen molar-refractivity contribution in [3.05, 3.63) is 65.2 Å². The van der Waals surface area contributed by atoms with E-state index in [0.717, 1.165) is 10.6 Å². The summed E-state index contributed by atoms with van der Waals surface area (Å²) >= 11 is 0.575. The molecule has 2 aromatic carbocycles. The monoisotopic (exact) mass is 360 g/mol. The molecule has 0 bridgehead atoms. The summed E-state index contributed by atoms with van der Waals surface area (Å²) in [6, 6.07) is 17.7. The van der Waals surface area contributed by atoms with Crippen LogP contribution in [-0.2, 0) is 0 Å². The first-order chi connectivity index (χ1) is 10.5. The zero-order valence-electron chi connectivity index (χ0n) is 13.8. The van der Waals surface area contributed by atoms with Crippen LogP contribution in [0.2, 0.25) is 0 Å². The van der Waals surface area contributed by atoms with Gasteiger partial charge in [0.05, 0.1) is 0 Å². The Bertz CT molecular complexity index is 640. The first kappa shape index (κ1) is 15.6. The van der Waals surface area contributed by atoms with Gasteiger partial charge in [0.15, 0.2) is 0 Å². The molecule has 0 aromatic heterocycles. The van der Waals surface area contributed by atoms with E-state index in [0.29, 0.717) is 25.2 Å². The van der Waals surface area contributed by atoms with Crippen molar-refractivity contribution in [2.45, 2.75) is 36.8 Å². The number of ether oxygens (including phenoxy) is 1. The molecular formula is C20H24OSe. The van der Waals surface area contributed by atoms with E-state index in [4.69, 9.17) is 4.74 Å². The fourth-order valence-electron chi connectivity index (χ4n) is 3.10. The van der Waals surface area contributed by atoms with Crippen LogP contribution in [0.5, 0.6) is 5.75 Å². The van der Waals surface area contributed by atoms with Gasteiger partial charge in [0, 0.05) is 0 Å². The average Bonchev–Trinajstić information content (AvgIpc) is 2.85. The first-order valence-corrected chi connectivity index (χ1v) is 9.84. The SMILES string of the molecule is COc1ccc(C2[Se]C(CC(C)(C)C)c3ccccc32)cc1. The van der Waals surface area contributed by atoms with Gasteiger partial charge in [0.1, 0.15) is 0 Å². The van der Waals surface area contributed by atoms with Crippen LogP contribution >= 0.6 is 0 Å². The van der Waals surface area contributed by atoms with Gasteiger partial charge in [-0.25, -0.2) is 0 Å². The van der Waals surface area contributed by atoms with E-state index in [1.54, 1.807) is 18.2 Å². The van der Waals surface area contributed by atoms with Gasteiger partial charge in [-0.2, -0.15) is 0 Å². The van der Waals surface area contributed by atoms with Crippen LogP contribution in [0.15, 0.2) is 48.5 Å². The van der Waals surface area contributed by atoms with Crippen molar-refractivity contribution in [2.24, 2.45) is 5.41 Å².